The number of methoxy groups -OCH3 is 2. The summed E-state index contributed by atoms with van der Waals surface area (Å²) in [7, 11) is 3.22. The Hall–Kier alpha value is -0.850. The number of hydrogen-bond donors (Lipinski definition) is 1. The first-order valence-electron chi connectivity index (χ1n) is 5.82. The number of nitrogens with one attached hydrogen (secondary N) is 1. The van der Waals surface area contributed by atoms with Gasteiger partial charge >= 0.3 is 0 Å². The molecule has 0 fully saturated rings. The number of thiophene rings is 1. The topological polar surface area (TPSA) is 43.6 Å². The van der Waals surface area contributed by atoms with Crippen LogP contribution in [0.3, 0.4) is 0 Å². The third kappa shape index (κ3) is 3.81. The van der Waals surface area contributed by atoms with Gasteiger partial charge in [-0.25, -0.2) is 0 Å². The van der Waals surface area contributed by atoms with Crippen LogP contribution in [0.2, 0.25) is 4.34 Å². The van der Waals surface area contributed by atoms with Gasteiger partial charge < -0.3 is 13.9 Å². The number of furan rings is 1. The molecule has 0 radical (unpaired) electrons. The van der Waals surface area contributed by atoms with Crippen molar-refractivity contribution in [2.75, 3.05) is 20.8 Å². The van der Waals surface area contributed by atoms with Gasteiger partial charge in [0.25, 0.3) is 0 Å². The molecule has 19 heavy (non-hydrogen) atoms. The van der Waals surface area contributed by atoms with Crippen molar-refractivity contribution < 1.29 is 13.9 Å². The van der Waals surface area contributed by atoms with Gasteiger partial charge in [-0.15, -0.1) is 11.3 Å². The molecule has 1 atom stereocenters. The van der Waals surface area contributed by atoms with Crippen LogP contribution in [-0.2, 0) is 9.47 Å². The second-order valence-corrected chi connectivity index (χ2v) is 5.65. The average Bonchev–Trinajstić information content (AvgIpc) is 3.07. The molecule has 4 nitrogen and oxygen atoms in total. The summed E-state index contributed by atoms with van der Waals surface area (Å²) < 4.78 is 16.6. The third-order valence-electron chi connectivity index (χ3n) is 2.72. The predicted molar refractivity (Wildman–Crippen MR) is 75.7 cm³/mol. The summed E-state index contributed by atoms with van der Waals surface area (Å²) in [6.45, 7) is 0.549. The van der Waals surface area contributed by atoms with Crippen LogP contribution in [0.25, 0.3) is 0 Å². The third-order valence-corrected chi connectivity index (χ3v) is 4.02. The van der Waals surface area contributed by atoms with Crippen LogP contribution in [0.5, 0.6) is 0 Å². The predicted octanol–water partition coefficient (Wildman–Crippen LogP) is 3.29. The maximum absolute atomic E-state index is 5.99. The Kier molecular flexibility index (Phi) is 5.42. The smallest absolute Gasteiger partial charge is 0.169 e. The van der Waals surface area contributed by atoms with Crippen LogP contribution in [0, 0.1) is 0 Å². The molecule has 6 heteroatoms. The molecule has 2 heterocycles. The monoisotopic (exact) mass is 301 g/mol. The van der Waals surface area contributed by atoms with Crippen LogP contribution in [0.1, 0.15) is 16.7 Å². The van der Waals surface area contributed by atoms with Crippen LogP contribution >= 0.6 is 22.9 Å². The highest BCUT2D eigenvalue weighted by molar-refractivity contribution is 7.16. The largest absolute Gasteiger partial charge is 0.467 e. The molecule has 0 aromatic carbocycles. The molecule has 0 amide bonds. The first-order valence-corrected chi connectivity index (χ1v) is 7.01. The van der Waals surface area contributed by atoms with Crippen molar-refractivity contribution in [1.29, 1.82) is 0 Å². The minimum atomic E-state index is -0.298. The minimum absolute atomic E-state index is 0.0553. The molecule has 0 aliphatic carbocycles. The quantitative estimate of drug-likeness (QED) is 0.797. The van der Waals surface area contributed by atoms with E-state index in [0.29, 0.717) is 6.54 Å². The molecule has 0 bridgehead atoms. The van der Waals surface area contributed by atoms with Crippen molar-refractivity contribution in [3.8, 4) is 0 Å². The molecular weight excluding hydrogens is 286 g/mol. The zero-order valence-corrected chi connectivity index (χ0v) is 12.3. The summed E-state index contributed by atoms with van der Waals surface area (Å²) in [5, 5.41) is 3.36. The first kappa shape index (κ1) is 14.6. The fraction of sp³-hybridized carbons (Fsp3) is 0.385. The average molecular weight is 302 g/mol. The van der Waals surface area contributed by atoms with Gasteiger partial charge in [0.05, 0.1) is 10.6 Å². The maximum atomic E-state index is 5.99. The van der Waals surface area contributed by atoms with E-state index >= 15 is 0 Å². The van der Waals surface area contributed by atoms with Gasteiger partial charge in [-0.1, -0.05) is 11.6 Å². The molecular formula is C13H16ClNO3S. The van der Waals surface area contributed by atoms with Crippen LogP contribution in [-0.4, -0.2) is 27.1 Å². The second-order valence-electron chi connectivity index (χ2n) is 3.90. The normalized spacial score (nSPS) is 13.1. The summed E-state index contributed by atoms with van der Waals surface area (Å²) in [4.78, 5) is 1.09. The van der Waals surface area contributed by atoms with Crippen LogP contribution < -0.4 is 5.32 Å². The summed E-state index contributed by atoms with van der Waals surface area (Å²) in [5.74, 6) is 0.837. The Morgan fingerprint density at radius 1 is 1.32 bits per heavy atom. The van der Waals surface area contributed by atoms with Gasteiger partial charge in [0.2, 0.25) is 0 Å². The number of ether oxygens (including phenoxy) is 2. The van der Waals surface area contributed by atoms with Gasteiger partial charge in [0.1, 0.15) is 11.8 Å². The van der Waals surface area contributed by atoms with Crippen LogP contribution in [0.4, 0.5) is 0 Å². The van der Waals surface area contributed by atoms with E-state index in [4.69, 9.17) is 25.5 Å². The van der Waals surface area contributed by atoms with Crippen molar-refractivity contribution in [2.45, 2.75) is 12.3 Å². The molecule has 0 aliphatic heterocycles. The second kappa shape index (κ2) is 7.07. The van der Waals surface area contributed by atoms with Gasteiger partial charge in [-0.05, 0) is 24.3 Å². The van der Waals surface area contributed by atoms with E-state index in [1.807, 2.05) is 24.3 Å². The van der Waals surface area contributed by atoms with Crippen molar-refractivity contribution >= 4 is 22.9 Å². The number of hydrogen-bond acceptors (Lipinski definition) is 5. The Morgan fingerprint density at radius 3 is 2.63 bits per heavy atom. The maximum Gasteiger partial charge on any atom is 0.169 e. The lowest BCUT2D eigenvalue weighted by atomic mass is 10.2. The van der Waals surface area contributed by atoms with Crippen molar-refractivity contribution in [3.63, 3.8) is 0 Å². The Labute approximate surface area is 121 Å². The lowest BCUT2D eigenvalue weighted by Gasteiger charge is -2.19. The van der Waals surface area contributed by atoms with Crippen molar-refractivity contribution in [3.05, 3.63) is 45.5 Å². The molecule has 1 unspecified atom stereocenters. The van der Waals surface area contributed by atoms with E-state index in [1.165, 1.54) is 11.3 Å². The summed E-state index contributed by atoms with van der Waals surface area (Å²) in [5.41, 5.74) is 0. The van der Waals surface area contributed by atoms with E-state index in [-0.39, 0.29) is 12.3 Å². The molecule has 2 rings (SSSR count). The van der Waals surface area contributed by atoms with E-state index in [0.717, 1.165) is 15.0 Å². The molecule has 0 aliphatic rings. The van der Waals surface area contributed by atoms with Gasteiger partial charge in [-0.3, -0.25) is 5.32 Å². The zero-order chi connectivity index (χ0) is 13.7. The lowest BCUT2D eigenvalue weighted by molar-refractivity contribution is -0.0996. The molecule has 0 spiro atoms. The molecule has 2 aromatic rings. The molecule has 104 valence electrons. The number of rotatable bonds is 7. The summed E-state index contributed by atoms with van der Waals surface area (Å²) >= 11 is 7.52. The van der Waals surface area contributed by atoms with E-state index in [9.17, 15) is 0 Å². The highest BCUT2D eigenvalue weighted by Crippen LogP contribution is 2.31. The fourth-order valence-electron chi connectivity index (χ4n) is 1.76. The summed E-state index contributed by atoms with van der Waals surface area (Å²) in [6.07, 6.45) is 1.36. The van der Waals surface area contributed by atoms with Gasteiger partial charge in [-0.2, -0.15) is 0 Å². The van der Waals surface area contributed by atoms with Gasteiger partial charge in [0, 0.05) is 25.6 Å². The zero-order valence-electron chi connectivity index (χ0n) is 10.8. The number of halogens is 1. The Balaban J connectivity index is 2.11. The standard InChI is InChI=1S/C13H16ClNO3S/c1-16-12(17-2)8-15-13(9-4-3-7-18-9)10-5-6-11(14)19-10/h3-7,12-13,15H,8H2,1-2H3. The molecule has 0 saturated carbocycles. The SMILES string of the molecule is COC(CNC(c1ccco1)c1ccc(Cl)s1)OC. The highest BCUT2D eigenvalue weighted by atomic mass is 35.5. The van der Waals surface area contributed by atoms with Crippen molar-refractivity contribution in [2.24, 2.45) is 0 Å². The van der Waals surface area contributed by atoms with Crippen molar-refractivity contribution in [1.82, 2.24) is 5.32 Å². The molecule has 0 saturated heterocycles. The molecule has 2 aromatic heterocycles. The van der Waals surface area contributed by atoms with Gasteiger partial charge in [0.15, 0.2) is 6.29 Å². The van der Waals surface area contributed by atoms with E-state index < -0.39 is 0 Å². The Bertz CT molecular complexity index is 482. The van der Waals surface area contributed by atoms with E-state index in [1.54, 1.807) is 20.5 Å². The fourth-order valence-corrected chi connectivity index (χ4v) is 2.90. The lowest BCUT2D eigenvalue weighted by Crippen LogP contribution is -2.32. The summed E-state index contributed by atoms with van der Waals surface area (Å²) in [6, 6.07) is 7.61. The Morgan fingerprint density at radius 2 is 2.11 bits per heavy atom. The van der Waals surface area contributed by atoms with E-state index in [2.05, 4.69) is 5.32 Å². The molecule has 1 N–H and O–H groups in total. The highest BCUT2D eigenvalue weighted by Gasteiger charge is 2.20. The first-order chi connectivity index (χ1) is 9.24. The van der Waals surface area contributed by atoms with Crippen LogP contribution in [0.15, 0.2) is 34.9 Å². The minimum Gasteiger partial charge on any atom is -0.467 e.